The van der Waals surface area contributed by atoms with Crippen LogP contribution in [0.2, 0.25) is 5.02 Å². The second kappa shape index (κ2) is 7.67. The van der Waals surface area contributed by atoms with Crippen molar-refractivity contribution in [2.45, 2.75) is 28.8 Å². The number of sulfone groups is 1. The third-order valence-electron chi connectivity index (χ3n) is 4.54. The van der Waals surface area contributed by atoms with Crippen LogP contribution in [0.15, 0.2) is 47.4 Å². The largest absolute Gasteiger partial charge is 0.457 e. The third kappa shape index (κ3) is 3.70. The number of benzene rings is 2. The number of aliphatic hydroxyl groups excluding tert-OH is 1. The maximum Gasteiger partial charge on any atom is 0.239 e. The maximum absolute atomic E-state index is 13.2. The Hall–Kier alpha value is -2.20. The molecular weight excluding hydrogens is 413 g/mol. The quantitative estimate of drug-likeness (QED) is 0.753. The molecule has 0 aliphatic carbocycles. The molecular formula is C18H17ClFNO6S. The van der Waals surface area contributed by atoms with Gasteiger partial charge in [0.25, 0.3) is 0 Å². The molecule has 2 aromatic rings. The van der Waals surface area contributed by atoms with Crippen molar-refractivity contribution >= 4 is 27.3 Å². The maximum atomic E-state index is 13.2. The zero-order valence-electron chi connectivity index (χ0n) is 14.5. The molecule has 1 saturated heterocycles. The van der Waals surface area contributed by atoms with E-state index in [9.17, 15) is 22.7 Å². The molecule has 1 aliphatic rings. The van der Waals surface area contributed by atoms with Crippen LogP contribution in [0.1, 0.15) is 12.8 Å². The molecule has 0 spiro atoms. The number of ether oxygens (including phenoxy) is 2. The first-order chi connectivity index (χ1) is 13.2. The molecule has 7 nitrogen and oxygen atoms in total. The molecule has 10 heteroatoms. The summed E-state index contributed by atoms with van der Waals surface area (Å²) in [6.45, 7) is -0.115. The van der Waals surface area contributed by atoms with E-state index in [4.69, 9.17) is 26.8 Å². The van der Waals surface area contributed by atoms with Crippen LogP contribution in [0.25, 0.3) is 0 Å². The first-order valence-electron chi connectivity index (χ1n) is 8.23. The minimum Gasteiger partial charge on any atom is -0.457 e. The van der Waals surface area contributed by atoms with Crippen LogP contribution in [-0.4, -0.2) is 37.1 Å². The van der Waals surface area contributed by atoms with E-state index < -0.39 is 39.0 Å². The summed E-state index contributed by atoms with van der Waals surface area (Å²) in [7, 11) is -4.20. The average molecular weight is 430 g/mol. The second-order valence-electron chi connectivity index (χ2n) is 6.29. The van der Waals surface area contributed by atoms with Gasteiger partial charge in [-0.25, -0.2) is 12.8 Å². The number of primary amides is 1. The predicted octanol–water partition coefficient (Wildman–Crippen LogP) is 2.40. The van der Waals surface area contributed by atoms with Gasteiger partial charge < -0.3 is 20.3 Å². The Morgan fingerprint density at radius 2 is 1.89 bits per heavy atom. The van der Waals surface area contributed by atoms with Gasteiger partial charge in [-0.15, -0.1) is 0 Å². The van der Waals surface area contributed by atoms with Crippen LogP contribution in [0.5, 0.6) is 11.5 Å². The molecule has 1 amide bonds. The van der Waals surface area contributed by atoms with E-state index in [2.05, 4.69) is 0 Å². The third-order valence-corrected chi connectivity index (χ3v) is 7.33. The molecule has 0 saturated carbocycles. The molecule has 2 aromatic carbocycles. The van der Waals surface area contributed by atoms with Gasteiger partial charge in [-0.2, -0.15) is 0 Å². The summed E-state index contributed by atoms with van der Waals surface area (Å²) in [5.74, 6) is -1.09. The van der Waals surface area contributed by atoms with E-state index in [0.717, 1.165) is 6.07 Å². The summed E-state index contributed by atoms with van der Waals surface area (Å²) < 4.78 is 47.9. The summed E-state index contributed by atoms with van der Waals surface area (Å²) in [5, 5.41) is 9.59. The number of hydrogen-bond donors (Lipinski definition) is 2. The Morgan fingerprint density at radius 1 is 1.25 bits per heavy atom. The van der Waals surface area contributed by atoms with E-state index in [1.54, 1.807) is 0 Å². The molecule has 1 fully saturated rings. The van der Waals surface area contributed by atoms with Gasteiger partial charge in [0.2, 0.25) is 5.91 Å². The molecule has 1 aliphatic heterocycles. The van der Waals surface area contributed by atoms with Crippen LogP contribution >= 0.6 is 11.6 Å². The molecule has 3 rings (SSSR count). The highest BCUT2D eigenvalue weighted by Gasteiger charge is 2.53. The van der Waals surface area contributed by atoms with E-state index in [1.807, 2.05) is 0 Å². The Balaban J connectivity index is 1.88. The zero-order valence-corrected chi connectivity index (χ0v) is 16.0. The molecule has 28 heavy (non-hydrogen) atoms. The van der Waals surface area contributed by atoms with Gasteiger partial charge in [0.1, 0.15) is 17.3 Å². The highest BCUT2D eigenvalue weighted by Crippen LogP contribution is 2.37. The lowest BCUT2D eigenvalue weighted by Crippen LogP contribution is -2.55. The molecule has 150 valence electrons. The van der Waals surface area contributed by atoms with Gasteiger partial charge in [-0.1, -0.05) is 11.6 Å². The Labute approximate surface area is 165 Å². The van der Waals surface area contributed by atoms with Crippen molar-refractivity contribution in [1.82, 2.24) is 0 Å². The molecule has 2 unspecified atom stereocenters. The molecule has 3 N–H and O–H groups in total. The number of rotatable bonds is 5. The average Bonchev–Trinajstić information content (AvgIpc) is 2.65. The summed E-state index contributed by atoms with van der Waals surface area (Å²) in [6.07, 6.45) is -2.01. The summed E-state index contributed by atoms with van der Waals surface area (Å²) in [4.78, 5) is 11.9. The summed E-state index contributed by atoms with van der Waals surface area (Å²) >= 11 is 5.70. The highest BCUT2D eigenvalue weighted by molar-refractivity contribution is 7.93. The van der Waals surface area contributed by atoms with Crippen molar-refractivity contribution in [3.8, 4) is 11.5 Å². The Morgan fingerprint density at radius 3 is 2.46 bits per heavy atom. The lowest BCUT2D eigenvalue weighted by molar-refractivity contribution is -0.147. The number of amides is 1. The normalized spacial score (nSPS) is 22.6. The van der Waals surface area contributed by atoms with Crippen molar-refractivity contribution in [3.05, 3.63) is 53.3 Å². The number of halogens is 2. The van der Waals surface area contributed by atoms with Crippen LogP contribution in [-0.2, 0) is 19.4 Å². The van der Waals surface area contributed by atoms with Gasteiger partial charge in [0.15, 0.2) is 20.9 Å². The highest BCUT2D eigenvalue weighted by atomic mass is 35.5. The van der Waals surface area contributed by atoms with Crippen molar-refractivity contribution in [2.24, 2.45) is 5.73 Å². The first-order valence-corrected chi connectivity index (χ1v) is 10.1. The number of carbonyl (C=O) groups excluding carboxylic acids is 1. The minimum atomic E-state index is -4.20. The fraction of sp³-hybridized carbons (Fsp3) is 0.278. The monoisotopic (exact) mass is 429 g/mol. The van der Waals surface area contributed by atoms with Crippen LogP contribution in [0, 0.1) is 5.82 Å². The molecule has 0 aromatic heterocycles. The molecule has 0 radical (unpaired) electrons. The van der Waals surface area contributed by atoms with E-state index >= 15 is 0 Å². The lowest BCUT2D eigenvalue weighted by Gasteiger charge is -2.35. The van der Waals surface area contributed by atoms with E-state index in [-0.39, 0.29) is 34.4 Å². The van der Waals surface area contributed by atoms with Crippen LogP contribution < -0.4 is 10.5 Å². The minimum absolute atomic E-state index is 0.113. The summed E-state index contributed by atoms with van der Waals surface area (Å²) in [6, 6.07) is 9.10. The van der Waals surface area contributed by atoms with Crippen molar-refractivity contribution < 1.29 is 32.2 Å². The van der Waals surface area contributed by atoms with Crippen molar-refractivity contribution in [1.29, 1.82) is 0 Å². The Bertz CT molecular complexity index is 998. The zero-order chi connectivity index (χ0) is 20.5. The Kier molecular flexibility index (Phi) is 5.62. The predicted molar refractivity (Wildman–Crippen MR) is 98.2 cm³/mol. The SMILES string of the molecule is NC(=O)C1(S(=O)(=O)c2ccc(Oc3ccc(F)c(Cl)c3)cc2)CCOC(O)C1. The topological polar surface area (TPSA) is 116 Å². The van der Waals surface area contributed by atoms with Gasteiger partial charge in [0.05, 0.1) is 16.5 Å². The molecule has 2 atom stereocenters. The number of hydrogen-bond acceptors (Lipinski definition) is 6. The number of carbonyl (C=O) groups is 1. The lowest BCUT2D eigenvalue weighted by atomic mass is 9.97. The molecule has 1 heterocycles. The van der Waals surface area contributed by atoms with Gasteiger partial charge >= 0.3 is 0 Å². The summed E-state index contributed by atoms with van der Waals surface area (Å²) in [5.41, 5.74) is 5.39. The fourth-order valence-electron chi connectivity index (χ4n) is 2.99. The van der Waals surface area contributed by atoms with Gasteiger partial charge in [0, 0.05) is 12.5 Å². The van der Waals surface area contributed by atoms with E-state index in [0.29, 0.717) is 0 Å². The van der Waals surface area contributed by atoms with Gasteiger partial charge in [-0.3, -0.25) is 4.79 Å². The van der Waals surface area contributed by atoms with Crippen LogP contribution in [0.4, 0.5) is 4.39 Å². The second-order valence-corrected chi connectivity index (χ2v) is 8.96. The van der Waals surface area contributed by atoms with Gasteiger partial charge in [-0.05, 0) is 42.8 Å². The fourth-order valence-corrected chi connectivity index (χ4v) is 5.09. The standard InChI is InChI=1S/C18H17ClFNO6S/c19-14-9-12(3-6-15(14)20)27-11-1-4-13(5-2-11)28(24,25)18(17(21)23)7-8-26-16(22)10-18/h1-6,9,16,22H,7-8,10H2,(H2,21,23). The number of nitrogens with two attached hydrogens (primary N) is 1. The van der Waals surface area contributed by atoms with Crippen molar-refractivity contribution in [2.75, 3.05) is 6.61 Å². The molecule has 0 bridgehead atoms. The van der Waals surface area contributed by atoms with Crippen molar-refractivity contribution in [3.63, 3.8) is 0 Å². The smallest absolute Gasteiger partial charge is 0.239 e. The first kappa shape index (κ1) is 20.5. The number of aliphatic hydroxyl groups is 1. The van der Waals surface area contributed by atoms with Crippen LogP contribution in [0.3, 0.4) is 0 Å². The van der Waals surface area contributed by atoms with E-state index in [1.165, 1.54) is 36.4 Å².